The molecule has 32 heavy (non-hydrogen) atoms. The monoisotopic (exact) mass is 427 g/mol. The molecular weight excluding hydrogens is 406 g/mol. The molecule has 4 rings (SSSR count). The highest BCUT2D eigenvalue weighted by Gasteiger charge is 2.26. The van der Waals surface area contributed by atoms with Gasteiger partial charge in [0.2, 0.25) is 0 Å². The number of carbonyl (C=O) groups is 2. The van der Waals surface area contributed by atoms with Gasteiger partial charge in [0.25, 0.3) is 11.5 Å². The molecule has 7 heteroatoms. The maximum atomic E-state index is 13.3. The maximum Gasteiger partial charge on any atom is 0.356 e. The van der Waals surface area contributed by atoms with Crippen molar-refractivity contribution in [2.24, 2.45) is 7.05 Å². The van der Waals surface area contributed by atoms with Crippen LogP contribution in [-0.2, 0) is 16.6 Å². The summed E-state index contributed by atoms with van der Waals surface area (Å²) in [5.74, 6) is -1.25. The summed E-state index contributed by atoms with van der Waals surface area (Å²) in [5.41, 5.74) is 1.65. The van der Waals surface area contributed by atoms with Crippen molar-refractivity contribution in [3.05, 3.63) is 95.2 Å². The summed E-state index contributed by atoms with van der Waals surface area (Å²) in [7, 11) is 1.53. The first-order valence-corrected chi connectivity index (χ1v) is 10.1. The fourth-order valence-electron chi connectivity index (χ4n) is 3.55. The first kappa shape index (κ1) is 21.0. The number of aromatic nitrogens is 2. The van der Waals surface area contributed by atoms with Gasteiger partial charge in [-0.05, 0) is 36.1 Å². The minimum atomic E-state index is -1.08. The number of anilines is 1. The first-order valence-electron chi connectivity index (χ1n) is 10.1. The van der Waals surface area contributed by atoms with Crippen LogP contribution in [-0.4, -0.2) is 27.5 Å². The Labute approximate surface area is 184 Å². The minimum Gasteiger partial charge on any atom is -0.448 e. The van der Waals surface area contributed by atoms with Gasteiger partial charge in [0.1, 0.15) is 5.69 Å². The van der Waals surface area contributed by atoms with Gasteiger partial charge in [0.05, 0.1) is 0 Å². The number of esters is 1. The van der Waals surface area contributed by atoms with E-state index in [1.54, 1.807) is 42.7 Å². The van der Waals surface area contributed by atoms with Crippen molar-refractivity contribution in [1.82, 2.24) is 9.55 Å². The summed E-state index contributed by atoms with van der Waals surface area (Å²) in [6.45, 7) is 1.48. The van der Waals surface area contributed by atoms with Crippen LogP contribution in [0.5, 0.6) is 0 Å². The van der Waals surface area contributed by atoms with E-state index in [0.717, 1.165) is 5.56 Å². The molecule has 0 aliphatic rings. The van der Waals surface area contributed by atoms with Crippen LogP contribution in [0.4, 0.5) is 5.69 Å². The van der Waals surface area contributed by atoms with Gasteiger partial charge in [-0.2, -0.15) is 0 Å². The molecule has 4 aromatic rings. The van der Waals surface area contributed by atoms with Crippen LogP contribution in [0.15, 0.2) is 83.9 Å². The molecule has 0 spiro atoms. The number of pyridine rings is 2. The lowest BCUT2D eigenvalue weighted by atomic mass is 9.97. The number of benzene rings is 2. The molecule has 7 nitrogen and oxygen atoms in total. The van der Waals surface area contributed by atoms with Gasteiger partial charge in [0.15, 0.2) is 6.10 Å². The van der Waals surface area contributed by atoms with Crippen molar-refractivity contribution in [3.63, 3.8) is 0 Å². The summed E-state index contributed by atoms with van der Waals surface area (Å²) in [5, 5.41) is 3.81. The summed E-state index contributed by atoms with van der Waals surface area (Å²) >= 11 is 0. The van der Waals surface area contributed by atoms with E-state index in [4.69, 9.17) is 4.74 Å². The quantitative estimate of drug-likeness (QED) is 0.490. The number of hydrogen-bond donors (Lipinski definition) is 1. The van der Waals surface area contributed by atoms with E-state index >= 15 is 0 Å². The van der Waals surface area contributed by atoms with E-state index in [1.165, 1.54) is 18.5 Å². The molecule has 0 aliphatic heterocycles. The highest BCUT2D eigenvalue weighted by molar-refractivity contribution is 6.07. The number of fused-ring (bicyclic) bond motifs is 1. The van der Waals surface area contributed by atoms with Gasteiger partial charge in [-0.3, -0.25) is 14.6 Å². The molecule has 0 saturated heterocycles. The molecule has 1 unspecified atom stereocenters. The molecular formula is C25H21N3O4. The van der Waals surface area contributed by atoms with Crippen LogP contribution in [0.2, 0.25) is 0 Å². The normalized spacial score (nSPS) is 11.7. The minimum absolute atomic E-state index is 0.0865. The zero-order valence-electron chi connectivity index (χ0n) is 17.6. The molecule has 0 fully saturated rings. The zero-order valence-corrected chi connectivity index (χ0v) is 17.6. The largest absolute Gasteiger partial charge is 0.448 e. The van der Waals surface area contributed by atoms with Crippen LogP contribution in [0, 0.1) is 0 Å². The molecule has 2 heterocycles. The lowest BCUT2D eigenvalue weighted by molar-refractivity contribution is -0.123. The van der Waals surface area contributed by atoms with Gasteiger partial charge in [0, 0.05) is 36.1 Å². The van der Waals surface area contributed by atoms with Gasteiger partial charge in [-0.15, -0.1) is 0 Å². The SMILES string of the molecule is CC(OC(=O)c1c(-c2ccccc2)c2ccccc2c(=O)n1C)C(=O)Nc1ccncc1. The highest BCUT2D eigenvalue weighted by atomic mass is 16.5. The topological polar surface area (TPSA) is 90.3 Å². The van der Waals surface area contributed by atoms with Crippen LogP contribution in [0.3, 0.4) is 0 Å². The van der Waals surface area contributed by atoms with Crippen molar-refractivity contribution < 1.29 is 14.3 Å². The third kappa shape index (κ3) is 4.00. The van der Waals surface area contributed by atoms with E-state index in [2.05, 4.69) is 10.3 Å². The number of amides is 1. The fourth-order valence-corrected chi connectivity index (χ4v) is 3.55. The van der Waals surface area contributed by atoms with Crippen LogP contribution in [0.25, 0.3) is 21.9 Å². The Bertz CT molecular complexity index is 1350. The fraction of sp³-hybridized carbons (Fsp3) is 0.120. The van der Waals surface area contributed by atoms with E-state index in [-0.39, 0.29) is 11.3 Å². The smallest absolute Gasteiger partial charge is 0.356 e. The molecule has 2 aromatic carbocycles. The van der Waals surface area contributed by atoms with Crippen LogP contribution in [0.1, 0.15) is 17.4 Å². The van der Waals surface area contributed by atoms with Gasteiger partial charge < -0.3 is 14.6 Å². The molecule has 0 saturated carbocycles. The molecule has 2 aromatic heterocycles. The van der Waals surface area contributed by atoms with E-state index in [9.17, 15) is 14.4 Å². The third-order valence-electron chi connectivity index (χ3n) is 5.16. The zero-order chi connectivity index (χ0) is 22.7. The number of nitrogens with zero attached hydrogens (tertiary/aromatic N) is 2. The lowest BCUT2D eigenvalue weighted by Gasteiger charge is -2.19. The van der Waals surface area contributed by atoms with Crippen molar-refractivity contribution in [2.45, 2.75) is 13.0 Å². The van der Waals surface area contributed by atoms with Gasteiger partial charge >= 0.3 is 5.97 Å². The summed E-state index contributed by atoms with van der Waals surface area (Å²) in [6, 6.07) is 19.7. The van der Waals surface area contributed by atoms with E-state index in [1.807, 2.05) is 36.4 Å². The Morgan fingerprint density at radius 3 is 2.25 bits per heavy atom. The third-order valence-corrected chi connectivity index (χ3v) is 5.16. The predicted octanol–water partition coefficient (Wildman–Crippen LogP) is 3.78. The second-order valence-electron chi connectivity index (χ2n) is 7.27. The molecule has 0 radical (unpaired) electrons. The van der Waals surface area contributed by atoms with E-state index < -0.39 is 18.0 Å². The first-order chi connectivity index (χ1) is 15.5. The number of carbonyl (C=O) groups excluding carboxylic acids is 2. The average molecular weight is 427 g/mol. The molecule has 0 aliphatic carbocycles. The molecule has 1 N–H and O–H groups in total. The Hall–Kier alpha value is -4.26. The number of ether oxygens (including phenoxy) is 1. The number of hydrogen-bond acceptors (Lipinski definition) is 5. The summed E-state index contributed by atoms with van der Waals surface area (Å²) < 4.78 is 6.77. The number of nitrogens with one attached hydrogen (secondary N) is 1. The van der Waals surface area contributed by atoms with Crippen molar-refractivity contribution in [1.29, 1.82) is 0 Å². The summed E-state index contributed by atoms with van der Waals surface area (Å²) in [4.78, 5) is 42.6. The highest BCUT2D eigenvalue weighted by Crippen LogP contribution is 2.31. The lowest BCUT2D eigenvalue weighted by Crippen LogP contribution is -2.32. The van der Waals surface area contributed by atoms with Gasteiger partial charge in [-0.1, -0.05) is 48.5 Å². The number of rotatable bonds is 5. The molecule has 160 valence electrons. The molecule has 1 atom stereocenters. The van der Waals surface area contributed by atoms with E-state index in [0.29, 0.717) is 22.0 Å². The van der Waals surface area contributed by atoms with Crippen LogP contribution < -0.4 is 10.9 Å². The maximum absolute atomic E-state index is 13.3. The Kier molecular flexibility index (Phi) is 5.81. The second kappa shape index (κ2) is 8.85. The standard InChI is InChI=1S/C25H21N3O4/c1-16(23(29)27-18-12-14-26-15-13-18)32-25(31)22-21(17-8-4-3-5-9-17)19-10-6-7-11-20(19)24(30)28(22)2/h3-16H,1-2H3,(H,26,27,29). The average Bonchev–Trinajstić information content (AvgIpc) is 2.82. The predicted molar refractivity (Wildman–Crippen MR) is 122 cm³/mol. The second-order valence-corrected chi connectivity index (χ2v) is 7.27. The van der Waals surface area contributed by atoms with Crippen molar-refractivity contribution in [3.8, 4) is 11.1 Å². The van der Waals surface area contributed by atoms with Crippen molar-refractivity contribution >= 4 is 28.3 Å². The molecule has 0 bridgehead atoms. The van der Waals surface area contributed by atoms with Gasteiger partial charge in [-0.25, -0.2) is 4.79 Å². The summed E-state index contributed by atoms with van der Waals surface area (Å²) in [6.07, 6.45) is 2.01. The Morgan fingerprint density at radius 2 is 1.56 bits per heavy atom. The molecule has 1 amide bonds. The van der Waals surface area contributed by atoms with Crippen LogP contribution >= 0.6 is 0 Å². The Morgan fingerprint density at radius 1 is 0.938 bits per heavy atom. The Balaban J connectivity index is 1.75. The van der Waals surface area contributed by atoms with Crippen molar-refractivity contribution in [2.75, 3.05) is 5.32 Å².